The average Bonchev–Trinajstić information content (AvgIpc) is 2.69. The fourth-order valence-corrected chi connectivity index (χ4v) is 2.65. The maximum absolute atomic E-state index is 12.4. The lowest BCUT2D eigenvalue weighted by molar-refractivity contribution is 0.180. The molecule has 0 saturated heterocycles. The Bertz CT molecular complexity index is 536. The molecular weight excluding hydrogens is 304 g/mol. The molecule has 0 aromatic heterocycles. The van der Waals surface area contributed by atoms with Crippen molar-refractivity contribution in [3.63, 3.8) is 0 Å². The SMILES string of the molecule is C=CCN(CCO)C(=O)NC1CCCOc2cc(Cl)ccc21. The van der Waals surface area contributed by atoms with Crippen LogP contribution in [0.2, 0.25) is 5.02 Å². The normalized spacial score (nSPS) is 16.9. The van der Waals surface area contributed by atoms with Crippen molar-refractivity contribution >= 4 is 17.6 Å². The zero-order valence-electron chi connectivity index (χ0n) is 12.4. The van der Waals surface area contributed by atoms with Crippen molar-refractivity contribution in [1.29, 1.82) is 0 Å². The van der Waals surface area contributed by atoms with Crippen molar-refractivity contribution in [1.82, 2.24) is 10.2 Å². The van der Waals surface area contributed by atoms with Crippen LogP contribution in [0.1, 0.15) is 24.4 Å². The number of halogens is 1. The molecule has 22 heavy (non-hydrogen) atoms. The molecule has 1 unspecified atom stereocenters. The van der Waals surface area contributed by atoms with Gasteiger partial charge in [0.25, 0.3) is 0 Å². The number of fused-ring (bicyclic) bond motifs is 1. The number of ether oxygens (including phenoxy) is 1. The lowest BCUT2D eigenvalue weighted by atomic mass is 10.0. The molecule has 1 aliphatic rings. The average molecular weight is 325 g/mol. The molecule has 120 valence electrons. The zero-order chi connectivity index (χ0) is 15.9. The number of aliphatic hydroxyl groups excluding tert-OH is 1. The van der Waals surface area contributed by atoms with Crippen molar-refractivity contribution in [2.75, 3.05) is 26.3 Å². The summed E-state index contributed by atoms with van der Waals surface area (Å²) in [6.07, 6.45) is 3.28. The second-order valence-electron chi connectivity index (χ2n) is 5.13. The van der Waals surface area contributed by atoms with Crippen LogP contribution in [0.25, 0.3) is 0 Å². The first-order valence-electron chi connectivity index (χ1n) is 7.35. The first-order chi connectivity index (χ1) is 10.7. The van der Waals surface area contributed by atoms with E-state index in [0.717, 1.165) is 18.4 Å². The minimum atomic E-state index is -0.221. The molecule has 1 aromatic carbocycles. The second kappa shape index (κ2) is 8.06. The Balaban J connectivity index is 2.14. The predicted molar refractivity (Wildman–Crippen MR) is 86.3 cm³/mol. The van der Waals surface area contributed by atoms with E-state index in [1.54, 1.807) is 18.2 Å². The molecule has 1 aliphatic heterocycles. The van der Waals surface area contributed by atoms with Gasteiger partial charge in [-0.25, -0.2) is 4.79 Å². The molecule has 0 saturated carbocycles. The summed E-state index contributed by atoms with van der Waals surface area (Å²) in [5.74, 6) is 0.715. The number of benzene rings is 1. The minimum Gasteiger partial charge on any atom is -0.493 e. The molecule has 0 fully saturated rings. The van der Waals surface area contributed by atoms with Gasteiger partial charge in [0.2, 0.25) is 0 Å². The Labute approximate surface area is 135 Å². The first kappa shape index (κ1) is 16.6. The highest BCUT2D eigenvalue weighted by Gasteiger charge is 2.23. The summed E-state index contributed by atoms with van der Waals surface area (Å²) in [5, 5.41) is 12.7. The van der Waals surface area contributed by atoms with Crippen LogP contribution in [-0.4, -0.2) is 42.3 Å². The van der Waals surface area contributed by atoms with E-state index in [4.69, 9.17) is 21.4 Å². The van der Waals surface area contributed by atoms with Gasteiger partial charge in [0.15, 0.2) is 0 Å². The van der Waals surface area contributed by atoms with Gasteiger partial charge < -0.3 is 20.1 Å². The number of rotatable bonds is 5. The lowest BCUT2D eigenvalue weighted by Gasteiger charge is -2.25. The van der Waals surface area contributed by atoms with Gasteiger partial charge in [0.05, 0.1) is 19.3 Å². The van der Waals surface area contributed by atoms with Gasteiger partial charge in [0, 0.05) is 23.7 Å². The summed E-state index contributed by atoms with van der Waals surface area (Å²) in [6, 6.07) is 5.10. The summed E-state index contributed by atoms with van der Waals surface area (Å²) in [5.41, 5.74) is 0.929. The number of nitrogens with one attached hydrogen (secondary N) is 1. The molecule has 2 N–H and O–H groups in total. The molecule has 2 amide bonds. The van der Waals surface area contributed by atoms with Crippen LogP contribution in [0.15, 0.2) is 30.9 Å². The van der Waals surface area contributed by atoms with E-state index in [1.165, 1.54) is 4.90 Å². The number of aliphatic hydroxyl groups is 1. The molecule has 0 radical (unpaired) electrons. The third-order valence-corrected chi connectivity index (χ3v) is 3.79. The molecule has 5 nitrogen and oxygen atoms in total. The van der Waals surface area contributed by atoms with Crippen LogP contribution in [0.5, 0.6) is 5.75 Å². The standard InChI is InChI=1S/C16H21ClN2O3/c1-2-7-19(8-9-20)16(21)18-14-4-3-10-22-15-11-12(17)5-6-13(14)15/h2,5-6,11,14,20H,1,3-4,7-10H2,(H,18,21). The number of hydrogen-bond donors (Lipinski definition) is 2. The number of nitrogens with zero attached hydrogens (tertiary/aromatic N) is 1. The highest BCUT2D eigenvalue weighted by atomic mass is 35.5. The molecule has 1 atom stereocenters. The third-order valence-electron chi connectivity index (χ3n) is 3.55. The van der Waals surface area contributed by atoms with Crippen molar-refractivity contribution in [3.05, 3.63) is 41.4 Å². The first-order valence-corrected chi connectivity index (χ1v) is 7.73. The van der Waals surface area contributed by atoms with Crippen LogP contribution < -0.4 is 10.1 Å². The molecule has 2 rings (SSSR count). The van der Waals surface area contributed by atoms with Crippen LogP contribution >= 0.6 is 11.6 Å². The van der Waals surface area contributed by atoms with Crippen molar-refractivity contribution in [2.24, 2.45) is 0 Å². The maximum Gasteiger partial charge on any atom is 0.318 e. The largest absolute Gasteiger partial charge is 0.493 e. The molecule has 1 aromatic rings. The van der Waals surface area contributed by atoms with Crippen molar-refractivity contribution in [2.45, 2.75) is 18.9 Å². The predicted octanol–water partition coefficient (Wildman–Crippen LogP) is 2.74. The van der Waals surface area contributed by atoms with Gasteiger partial charge in [-0.15, -0.1) is 6.58 Å². The summed E-state index contributed by atoms with van der Waals surface area (Å²) >= 11 is 6.00. The van der Waals surface area contributed by atoms with E-state index in [0.29, 0.717) is 23.9 Å². The molecule has 1 heterocycles. The van der Waals surface area contributed by atoms with Crippen molar-refractivity contribution < 1.29 is 14.6 Å². The number of carbonyl (C=O) groups is 1. The van der Waals surface area contributed by atoms with E-state index in [9.17, 15) is 4.79 Å². The quantitative estimate of drug-likeness (QED) is 0.819. The van der Waals surface area contributed by atoms with Crippen LogP contribution in [0, 0.1) is 0 Å². The topological polar surface area (TPSA) is 61.8 Å². The smallest absolute Gasteiger partial charge is 0.318 e. The maximum atomic E-state index is 12.4. The van der Waals surface area contributed by atoms with E-state index in [1.807, 2.05) is 6.07 Å². The van der Waals surface area contributed by atoms with Crippen LogP contribution in [0.3, 0.4) is 0 Å². The Morgan fingerprint density at radius 3 is 3.14 bits per heavy atom. The van der Waals surface area contributed by atoms with Gasteiger partial charge in [-0.3, -0.25) is 0 Å². The fraction of sp³-hybridized carbons (Fsp3) is 0.438. The Hall–Kier alpha value is -1.72. The fourth-order valence-electron chi connectivity index (χ4n) is 2.49. The summed E-state index contributed by atoms with van der Waals surface area (Å²) in [7, 11) is 0. The van der Waals surface area contributed by atoms with E-state index >= 15 is 0 Å². The van der Waals surface area contributed by atoms with Crippen LogP contribution in [0.4, 0.5) is 4.79 Å². The second-order valence-corrected chi connectivity index (χ2v) is 5.57. The molecule has 6 heteroatoms. The highest BCUT2D eigenvalue weighted by Crippen LogP contribution is 2.33. The Kier molecular flexibility index (Phi) is 6.10. The number of urea groups is 1. The van der Waals surface area contributed by atoms with E-state index < -0.39 is 0 Å². The summed E-state index contributed by atoms with van der Waals surface area (Å²) < 4.78 is 5.69. The minimum absolute atomic E-state index is 0.0821. The van der Waals surface area contributed by atoms with Crippen molar-refractivity contribution in [3.8, 4) is 5.75 Å². The lowest BCUT2D eigenvalue weighted by Crippen LogP contribution is -2.43. The Morgan fingerprint density at radius 2 is 2.41 bits per heavy atom. The van der Waals surface area contributed by atoms with Gasteiger partial charge in [-0.05, 0) is 25.0 Å². The molecule has 0 aliphatic carbocycles. The molecular formula is C16H21ClN2O3. The molecule has 0 spiro atoms. The summed E-state index contributed by atoms with van der Waals surface area (Å²) in [6.45, 7) is 4.82. The molecule has 0 bridgehead atoms. The van der Waals surface area contributed by atoms with Gasteiger partial charge in [-0.1, -0.05) is 23.7 Å². The van der Waals surface area contributed by atoms with Gasteiger partial charge in [0.1, 0.15) is 5.75 Å². The van der Waals surface area contributed by atoms with E-state index in [2.05, 4.69) is 11.9 Å². The van der Waals surface area contributed by atoms with Gasteiger partial charge >= 0.3 is 6.03 Å². The Morgan fingerprint density at radius 1 is 1.59 bits per heavy atom. The monoisotopic (exact) mass is 324 g/mol. The number of amides is 2. The van der Waals surface area contributed by atoms with Gasteiger partial charge in [-0.2, -0.15) is 0 Å². The number of carbonyl (C=O) groups excluding carboxylic acids is 1. The van der Waals surface area contributed by atoms with E-state index in [-0.39, 0.29) is 25.2 Å². The third kappa shape index (κ3) is 4.15. The zero-order valence-corrected chi connectivity index (χ0v) is 13.2. The number of hydrogen-bond acceptors (Lipinski definition) is 3. The highest BCUT2D eigenvalue weighted by molar-refractivity contribution is 6.30. The van der Waals surface area contributed by atoms with Crippen LogP contribution in [-0.2, 0) is 0 Å². The summed E-state index contributed by atoms with van der Waals surface area (Å²) in [4.78, 5) is 13.9.